The molecular weight excluding hydrogens is 648 g/mol. The summed E-state index contributed by atoms with van der Waals surface area (Å²) in [6.07, 6.45) is 1.55. The number of nitrogens with two attached hydrogens (primary N) is 9. The van der Waals surface area contributed by atoms with Gasteiger partial charge in [-0.1, -0.05) is 0 Å². The smallest absolute Gasteiger partial charge is 0.326 e. The number of hydrogen-bond donors (Lipinski definition) is 14. The minimum Gasteiger partial charge on any atom is -0.481 e. The number of aliphatic imine (C=N–C) groups is 4. The van der Waals surface area contributed by atoms with E-state index in [2.05, 4.69) is 35.9 Å². The maximum Gasteiger partial charge on any atom is 0.326 e. The van der Waals surface area contributed by atoms with Crippen LogP contribution in [0.3, 0.4) is 0 Å². The topological polar surface area (TPSA) is 446 Å². The van der Waals surface area contributed by atoms with Gasteiger partial charge < -0.3 is 77.8 Å². The zero-order valence-corrected chi connectivity index (χ0v) is 27.7. The zero-order valence-electron chi connectivity index (χ0n) is 27.7. The maximum absolute atomic E-state index is 13.4. The van der Waals surface area contributed by atoms with Crippen molar-refractivity contribution in [1.29, 1.82) is 0 Å². The molecule has 3 amide bonds. The molecule has 0 aromatic carbocycles. The summed E-state index contributed by atoms with van der Waals surface area (Å²) in [5.74, 6) is -4.80. The Kier molecular flexibility index (Phi) is 24.6. The molecule has 0 radical (unpaired) electrons. The highest BCUT2D eigenvalue weighted by molar-refractivity contribution is 5.94. The molecule has 0 saturated heterocycles. The van der Waals surface area contributed by atoms with E-state index in [4.69, 9.17) is 61.5 Å². The highest BCUT2D eigenvalue weighted by Crippen LogP contribution is 2.07. The zero-order chi connectivity index (χ0) is 37.9. The summed E-state index contributed by atoms with van der Waals surface area (Å²) >= 11 is 0. The lowest BCUT2D eigenvalue weighted by Gasteiger charge is -2.25. The first-order valence-electron chi connectivity index (χ1n) is 15.2. The molecule has 0 unspecified atom stereocenters. The molecule has 0 aliphatic rings. The standard InChI is InChI=1S/C24H50N16O5.C2H4O2/c25-13(5-1-9-34-21(26)27)17(41)38-14(6-2-10-35-22(28)29)18(42)39-15(7-3-11-36-23(30)31)19(43)40-16(20(44)45)8-4-12-37-24(32)33;1-2(3)4/h13-16H,1-12,25H2,(H,38,41)(H,39,42)(H,40,43)(H,44,45)(H4,26,27,34)(H4,28,29,35)(H4,30,31,36)(H4,32,33,37);1H3,(H,3,4)/t13-,14-,15-,16-;/m0./s1. The van der Waals surface area contributed by atoms with Crippen molar-refractivity contribution in [2.75, 3.05) is 26.2 Å². The molecule has 0 rings (SSSR count). The number of guanidine groups is 4. The van der Waals surface area contributed by atoms with Gasteiger partial charge in [0.05, 0.1) is 6.04 Å². The molecule has 0 spiro atoms. The molecule has 0 aromatic rings. The molecule has 4 atom stereocenters. The first kappa shape index (κ1) is 45.5. The highest BCUT2D eigenvalue weighted by Gasteiger charge is 2.30. The molecule has 0 bridgehead atoms. The third-order valence-electron chi connectivity index (χ3n) is 6.02. The van der Waals surface area contributed by atoms with Crippen molar-refractivity contribution in [2.45, 2.75) is 82.5 Å². The number of amides is 3. The van der Waals surface area contributed by atoms with Crippen molar-refractivity contribution in [1.82, 2.24) is 16.0 Å². The molecule has 0 fully saturated rings. The lowest BCUT2D eigenvalue weighted by Crippen LogP contribution is -2.57. The van der Waals surface area contributed by atoms with E-state index in [-0.39, 0.29) is 95.0 Å². The number of nitrogens with one attached hydrogen (secondary N) is 3. The maximum atomic E-state index is 13.4. The van der Waals surface area contributed by atoms with Gasteiger partial charge in [0.2, 0.25) is 17.7 Å². The summed E-state index contributed by atoms with van der Waals surface area (Å²) in [4.78, 5) is 75.6. The third kappa shape index (κ3) is 27.2. The van der Waals surface area contributed by atoms with Crippen LogP contribution in [0.1, 0.15) is 58.3 Å². The fourth-order valence-electron chi connectivity index (χ4n) is 3.78. The summed E-state index contributed by atoms with van der Waals surface area (Å²) in [5.41, 5.74) is 48.6. The number of nitrogens with zero attached hydrogens (tertiary/aromatic N) is 4. The van der Waals surface area contributed by atoms with Crippen molar-refractivity contribution in [2.24, 2.45) is 71.6 Å². The molecular formula is C26H54N16O7. The highest BCUT2D eigenvalue weighted by atomic mass is 16.4. The predicted molar refractivity (Wildman–Crippen MR) is 184 cm³/mol. The Hall–Kier alpha value is -5.61. The second-order valence-electron chi connectivity index (χ2n) is 10.4. The minimum absolute atomic E-state index is 0.0110. The Bertz CT molecular complexity index is 1160. The molecule has 0 saturated carbocycles. The van der Waals surface area contributed by atoms with Gasteiger partial charge in [-0.15, -0.1) is 0 Å². The van der Waals surface area contributed by atoms with Gasteiger partial charge in [-0.3, -0.25) is 39.1 Å². The van der Waals surface area contributed by atoms with Crippen LogP contribution >= 0.6 is 0 Å². The molecule has 0 aliphatic carbocycles. The number of carboxylic acid groups (broad SMARTS) is 2. The fraction of sp³-hybridized carbons (Fsp3) is 0.654. The SMILES string of the molecule is CC(=O)O.NC(N)=NCCC[C@H](NC(=O)[C@H](CCCN=C(N)N)NC(=O)[C@H](CCCN=C(N)N)NC(=O)[C@@H](N)CCCN=C(N)N)C(=O)O. The number of carbonyl (C=O) groups is 5. The number of hydrogen-bond acceptors (Lipinski definition) is 10. The van der Waals surface area contributed by atoms with Crippen molar-refractivity contribution >= 4 is 53.5 Å². The summed E-state index contributed by atoms with van der Waals surface area (Å²) in [7, 11) is 0. The van der Waals surface area contributed by atoms with Crippen LogP contribution in [0.2, 0.25) is 0 Å². The normalized spacial score (nSPS) is 12.5. The fourth-order valence-corrected chi connectivity index (χ4v) is 3.78. The molecule has 49 heavy (non-hydrogen) atoms. The largest absolute Gasteiger partial charge is 0.481 e. The van der Waals surface area contributed by atoms with Crippen LogP contribution in [0.25, 0.3) is 0 Å². The van der Waals surface area contributed by atoms with E-state index in [1.807, 2.05) is 0 Å². The minimum atomic E-state index is -1.30. The van der Waals surface area contributed by atoms with Gasteiger partial charge in [0, 0.05) is 33.1 Å². The van der Waals surface area contributed by atoms with Crippen molar-refractivity contribution in [3.63, 3.8) is 0 Å². The lowest BCUT2D eigenvalue weighted by molar-refractivity contribution is -0.142. The molecule has 280 valence electrons. The number of rotatable bonds is 23. The van der Waals surface area contributed by atoms with Crippen molar-refractivity contribution in [3.8, 4) is 0 Å². The summed E-state index contributed by atoms with van der Waals surface area (Å²) in [5, 5.41) is 24.7. The summed E-state index contributed by atoms with van der Waals surface area (Å²) in [6, 6.07) is -4.63. The van der Waals surface area contributed by atoms with E-state index in [0.717, 1.165) is 6.92 Å². The third-order valence-corrected chi connectivity index (χ3v) is 6.02. The Morgan fingerprint density at radius 3 is 1.08 bits per heavy atom. The van der Waals surface area contributed by atoms with E-state index in [1.54, 1.807) is 0 Å². The Morgan fingerprint density at radius 2 is 0.776 bits per heavy atom. The van der Waals surface area contributed by atoms with Crippen LogP contribution in [0, 0.1) is 0 Å². The van der Waals surface area contributed by atoms with Gasteiger partial charge in [0.1, 0.15) is 18.1 Å². The first-order chi connectivity index (χ1) is 22.9. The van der Waals surface area contributed by atoms with E-state index < -0.39 is 53.8 Å². The molecule has 0 aliphatic heterocycles. The number of carbonyl (C=O) groups excluding carboxylic acids is 3. The molecule has 0 aromatic heterocycles. The molecule has 23 N–H and O–H groups in total. The Labute approximate surface area is 284 Å². The molecule has 0 heterocycles. The first-order valence-corrected chi connectivity index (χ1v) is 15.2. The van der Waals surface area contributed by atoms with Gasteiger partial charge in [-0.25, -0.2) is 4.79 Å². The van der Waals surface area contributed by atoms with E-state index in [9.17, 15) is 24.3 Å². The van der Waals surface area contributed by atoms with Crippen LogP contribution in [0.15, 0.2) is 20.0 Å². The average Bonchev–Trinajstić information content (AvgIpc) is 2.98. The van der Waals surface area contributed by atoms with Gasteiger partial charge in [-0.05, 0) is 51.4 Å². The Balaban J connectivity index is 0. The van der Waals surface area contributed by atoms with Crippen LogP contribution in [-0.4, -0.2) is 114 Å². The molecule has 23 heteroatoms. The van der Waals surface area contributed by atoms with E-state index >= 15 is 0 Å². The number of aliphatic carboxylic acids is 2. The second kappa shape index (κ2) is 26.5. The quantitative estimate of drug-likeness (QED) is 0.0268. The van der Waals surface area contributed by atoms with Gasteiger partial charge in [0.25, 0.3) is 5.97 Å². The lowest BCUT2D eigenvalue weighted by atomic mass is 10.1. The van der Waals surface area contributed by atoms with Gasteiger partial charge in [0.15, 0.2) is 23.8 Å². The second-order valence-corrected chi connectivity index (χ2v) is 10.4. The van der Waals surface area contributed by atoms with Crippen LogP contribution in [0.5, 0.6) is 0 Å². The monoisotopic (exact) mass is 702 g/mol. The van der Waals surface area contributed by atoms with Crippen molar-refractivity contribution in [3.05, 3.63) is 0 Å². The van der Waals surface area contributed by atoms with Crippen LogP contribution in [-0.2, 0) is 24.0 Å². The predicted octanol–water partition coefficient (Wildman–Crippen LogP) is -5.84. The van der Waals surface area contributed by atoms with Crippen LogP contribution < -0.4 is 67.6 Å². The van der Waals surface area contributed by atoms with E-state index in [1.165, 1.54) is 0 Å². The van der Waals surface area contributed by atoms with Crippen molar-refractivity contribution < 1.29 is 34.2 Å². The average molecular weight is 703 g/mol. The van der Waals surface area contributed by atoms with Gasteiger partial charge >= 0.3 is 5.97 Å². The van der Waals surface area contributed by atoms with Crippen LogP contribution in [0.4, 0.5) is 0 Å². The van der Waals surface area contributed by atoms with E-state index in [0.29, 0.717) is 6.42 Å². The van der Waals surface area contributed by atoms with Gasteiger partial charge in [-0.2, -0.15) is 0 Å². The molecule has 23 nitrogen and oxygen atoms in total. The Morgan fingerprint density at radius 1 is 0.510 bits per heavy atom. The summed E-state index contributed by atoms with van der Waals surface area (Å²) in [6.45, 7) is 1.79. The number of carboxylic acids is 2. The summed E-state index contributed by atoms with van der Waals surface area (Å²) < 4.78 is 0.